The second kappa shape index (κ2) is 11.5. The molecule has 0 heterocycles. The highest BCUT2D eigenvalue weighted by Gasteiger charge is 2.29. The molecule has 34 heavy (non-hydrogen) atoms. The number of carbonyl (C=O) groups is 1. The summed E-state index contributed by atoms with van der Waals surface area (Å²) in [5.74, 6) is -0.209. The second-order valence-electron chi connectivity index (χ2n) is 7.47. The molecule has 1 N–H and O–H groups in total. The number of amides is 1. The molecule has 3 rings (SSSR count). The molecule has 9 heteroatoms. The third-order valence-electron chi connectivity index (χ3n) is 4.92. The molecule has 0 atom stereocenters. The van der Waals surface area contributed by atoms with Crippen LogP contribution in [0, 0.1) is 10.5 Å². The molecule has 7 nitrogen and oxygen atoms in total. The van der Waals surface area contributed by atoms with Gasteiger partial charge in [-0.25, -0.2) is 13.8 Å². The zero-order valence-electron chi connectivity index (χ0n) is 19.2. The Morgan fingerprint density at radius 2 is 1.76 bits per heavy atom. The number of anilines is 1. The van der Waals surface area contributed by atoms with Gasteiger partial charge in [0.15, 0.2) is 0 Å². The Bertz CT molecular complexity index is 1290. The van der Waals surface area contributed by atoms with E-state index in [2.05, 4.69) is 33.1 Å². The molecule has 0 spiro atoms. The van der Waals surface area contributed by atoms with Crippen molar-refractivity contribution in [1.82, 2.24) is 5.43 Å². The van der Waals surface area contributed by atoms with Crippen molar-refractivity contribution < 1.29 is 17.9 Å². The summed E-state index contributed by atoms with van der Waals surface area (Å²) in [5.41, 5.74) is 5.16. The van der Waals surface area contributed by atoms with Gasteiger partial charge in [-0.3, -0.25) is 9.10 Å². The van der Waals surface area contributed by atoms with Crippen LogP contribution in [-0.4, -0.2) is 33.2 Å². The summed E-state index contributed by atoms with van der Waals surface area (Å²) in [6.45, 7) is 5.34. The van der Waals surface area contributed by atoms with Gasteiger partial charge in [-0.15, -0.1) is 0 Å². The molecule has 0 aromatic heterocycles. The molecule has 0 unspecified atom stereocenters. The summed E-state index contributed by atoms with van der Waals surface area (Å²) in [4.78, 5) is 12.9. The normalized spacial score (nSPS) is 11.7. The Kier molecular flexibility index (Phi) is 8.67. The summed E-state index contributed by atoms with van der Waals surface area (Å²) >= 11 is 2.20. The standard InChI is InChI=1S/C25H26IN3O4S/c1-4-33-24-11-6-5-10-23(24)29(34(31,32)22-14-12-18(2)13-15-22)17-25(30)28-27-19(3)20-8-7-9-21(26)16-20/h5-16H,4,17H2,1-3H3,(H,28,30)/b27-19-. The first-order chi connectivity index (χ1) is 16.2. The number of para-hydroxylation sites is 2. The van der Waals surface area contributed by atoms with E-state index >= 15 is 0 Å². The maximum Gasteiger partial charge on any atom is 0.264 e. The molecule has 0 radical (unpaired) electrons. The number of halogens is 1. The van der Waals surface area contributed by atoms with Crippen LogP contribution in [0.15, 0.2) is 82.8 Å². The van der Waals surface area contributed by atoms with E-state index in [1.165, 1.54) is 12.1 Å². The average Bonchev–Trinajstić information content (AvgIpc) is 2.82. The van der Waals surface area contributed by atoms with Crippen molar-refractivity contribution in [2.24, 2.45) is 5.10 Å². The highest BCUT2D eigenvalue weighted by molar-refractivity contribution is 14.1. The van der Waals surface area contributed by atoms with Gasteiger partial charge in [0.1, 0.15) is 12.3 Å². The number of nitrogens with one attached hydrogen (secondary N) is 1. The molecule has 0 aliphatic heterocycles. The largest absolute Gasteiger partial charge is 0.492 e. The number of hydrogen-bond donors (Lipinski definition) is 1. The van der Waals surface area contributed by atoms with Crippen LogP contribution in [0.2, 0.25) is 0 Å². The van der Waals surface area contributed by atoms with Crippen LogP contribution in [0.1, 0.15) is 25.0 Å². The predicted octanol–water partition coefficient (Wildman–Crippen LogP) is 4.73. The highest BCUT2D eigenvalue weighted by Crippen LogP contribution is 2.32. The lowest BCUT2D eigenvalue weighted by Gasteiger charge is -2.25. The van der Waals surface area contributed by atoms with Crippen molar-refractivity contribution >= 4 is 49.9 Å². The zero-order valence-corrected chi connectivity index (χ0v) is 22.1. The van der Waals surface area contributed by atoms with Gasteiger partial charge >= 0.3 is 0 Å². The summed E-state index contributed by atoms with van der Waals surface area (Å²) in [5, 5.41) is 4.17. The minimum absolute atomic E-state index is 0.0794. The third kappa shape index (κ3) is 6.35. The fraction of sp³-hybridized carbons (Fsp3) is 0.200. The molecule has 0 saturated heterocycles. The molecule has 1 amide bonds. The van der Waals surface area contributed by atoms with Gasteiger partial charge < -0.3 is 4.74 Å². The molecule has 3 aromatic carbocycles. The van der Waals surface area contributed by atoms with Crippen LogP contribution in [0.4, 0.5) is 5.69 Å². The number of carbonyl (C=O) groups excluding carboxylic acids is 1. The van der Waals surface area contributed by atoms with Crippen molar-refractivity contribution in [3.8, 4) is 5.75 Å². The van der Waals surface area contributed by atoms with E-state index in [0.717, 1.165) is 19.0 Å². The lowest BCUT2D eigenvalue weighted by atomic mass is 10.1. The summed E-state index contributed by atoms with van der Waals surface area (Å²) in [6.07, 6.45) is 0. The number of hydrazone groups is 1. The number of hydrogen-bond acceptors (Lipinski definition) is 5. The van der Waals surface area contributed by atoms with E-state index in [1.807, 2.05) is 38.1 Å². The highest BCUT2D eigenvalue weighted by atomic mass is 127. The predicted molar refractivity (Wildman–Crippen MR) is 143 cm³/mol. The van der Waals surface area contributed by atoms with Crippen LogP contribution in [0.3, 0.4) is 0 Å². The lowest BCUT2D eigenvalue weighted by Crippen LogP contribution is -2.40. The first-order valence-electron chi connectivity index (χ1n) is 10.6. The average molecular weight is 591 g/mol. The van der Waals surface area contributed by atoms with Gasteiger partial charge in [-0.05, 0) is 85.3 Å². The molecule has 0 bridgehead atoms. The first-order valence-corrected chi connectivity index (χ1v) is 13.1. The minimum Gasteiger partial charge on any atom is -0.492 e. The Balaban J connectivity index is 1.93. The number of sulfonamides is 1. The Morgan fingerprint density at radius 1 is 1.06 bits per heavy atom. The SMILES string of the molecule is CCOc1ccccc1N(CC(=O)N/N=C(/C)c1cccc(I)c1)S(=O)(=O)c1ccc(C)cc1. The van der Waals surface area contributed by atoms with Crippen molar-refractivity contribution in [1.29, 1.82) is 0 Å². The topological polar surface area (TPSA) is 88.1 Å². The van der Waals surface area contributed by atoms with E-state index in [-0.39, 0.29) is 10.6 Å². The van der Waals surface area contributed by atoms with E-state index in [1.54, 1.807) is 43.3 Å². The quantitative estimate of drug-likeness (QED) is 0.222. The Morgan fingerprint density at radius 3 is 2.44 bits per heavy atom. The summed E-state index contributed by atoms with van der Waals surface area (Å²) in [7, 11) is -4.06. The Hall–Kier alpha value is -2.92. The van der Waals surface area contributed by atoms with Gasteiger partial charge in [-0.2, -0.15) is 5.10 Å². The second-order valence-corrected chi connectivity index (χ2v) is 10.6. The zero-order chi connectivity index (χ0) is 24.7. The number of nitrogens with zero attached hydrogens (tertiary/aromatic N) is 2. The maximum atomic E-state index is 13.6. The molecule has 178 valence electrons. The van der Waals surface area contributed by atoms with Crippen LogP contribution in [0.5, 0.6) is 5.75 Å². The number of ether oxygens (including phenoxy) is 1. The molecular weight excluding hydrogens is 565 g/mol. The molecular formula is C25H26IN3O4S. The molecule has 0 saturated carbocycles. The smallest absolute Gasteiger partial charge is 0.264 e. The van der Waals surface area contributed by atoms with Crippen molar-refractivity contribution in [2.75, 3.05) is 17.5 Å². The van der Waals surface area contributed by atoms with Crippen molar-refractivity contribution in [3.05, 3.63) is 87.5 Å². The van der Waals surface area contributed by atoms with Gasteiger partial charge in [0.25, 0.3) is 15.9 Å². The fourth-order valence-corrected chi connectivity index (χ4v) is 5.14. The van der Waals surface area contributed by atoms with E-state index < -0.39 is 22.5 Å². The number of aryl methyl sites for hydroxylation is 1. The minimum atomic E-state index is -4.06. The molecule has 0 aliphatic carbocycles. The van der Waals surface area contributed by atoms with Gasteiger partial charge in [0, 0.05) is 3.57 Å². The third-order valence-corrected chi connectivity index (χ3v) is 7.37. The molecule has 3 aromatic rings. The van der Waals surface area contributed by atoms with Crippen LogP contribution >= 0.6 is 22.6 Å². The fourth-order valence-electron chi connectivity index (χ4n) is 3.17. The van der Waals surface area contributed by atoms with E-state index in [0.29, 0.717) is 18.1 Å². The van der Waals surface area contributed by atoms with Crippen molar-refractivity contribution in [3.63, 3.8) is 0 Å². The molecule has 0 fully saturated rings. The van der Waals surface area contributed by atoms with Crippen LogP contribution in [-0.2, 0) is 14.8 Å². The Labute approximate surface area is 214 Å². The van der Waals surface area contributed by atoms with E-state index in [9.17, 15) is 13.2 Å². The van der Waals surface area contributed by atoms with Crippen molar-refractivity contribution in [2.45, 2.75) is 25.7 Å². The summed E-state index contributed by atoms with van der Waals surface area (Å²) in [6, 6.07) is 20.9. The monoisotopic (exact) mass is 591 g/mol. The first kappa shape index (κ1) is 25.7. The molecule has 0 aliphatic rings. The van der Waals surface area contributed by atoms with Crippen LogP contribution in [0.25, 0.3) is 0 Å². The summed E-state index contributed by atoms with van der Waals surface area (Å²) < 4.78 is 34.9. The maximum absolute atomic E-state index is 13.6. The van der Waals surface area contributed by atoms with E-state index in [4.69, 9.17) is 4.74 Å². The van der Waals surface area contributed by atoms with Gasteiger partial charge in [0.2, 0.25) is 0 Å². The number of rotatable bonds is 9. The number of benzene rings is 3. The van der Waals surface area contributed by atoms with Gasteiger partial charge in [0.05, 0.1) is 22.9 Å². The lowest BCUT2D eigenvalue weighted by molar-refractivity contribution is -0.119. The van der Waals surface area contributed by atoms with Crippen LogP contribution < -0.4 is 14.5 Å². The van der Waals surface area contributed by atoms with Gasteiger partial charge in [-0.1, -0.05) is 42.0 Å².